The van der Waals surface area contributed by atoms with E-state index < -0.39 is 11.7 Å². The quantitative estimate of drug-likeness (QED) is 0.714. The number of halogens is 3. The maximum Gasteiger partial charge on any atom is 0.417 e. The molecule has 0 amide bonds. The van der Waals surface area contributed by atoms with Crippen LogP contribution < -0.4 is 5.43 Å². The van der Waals surface area contributed by atoms with Gasteiger partial charge in [0.2, 0.25) is 0 Å². The number of benzene rings is 1. The molecule has 0 radical (unpaired) electrons. The molecule has 0 aliphatic carbocycles. The van der Waals surface area contributed by atoms with Crippen molar-refractivity contribution in [3.05, 3.63) is 35.4 Å². The molecule has 1 N–H and O–H groups in total. The van der Waals surface area contributed by atoms with Crippen molar-refractivity contribution in [2.45, 2.75) is 6.18 Å². The zero-order valence-electron chi connectivity index (χ0n) is 6.39. The first-order chi connectivity index (χ1) is 6.09. The highest BCUT2D eigenvalue weighted by Gasteiger charge is 2.35. The van der Waals surface area contributed by atoms with Crippen LogP contribution in [0, 0.1) is 0 Å². The van der Waals surface area contributed by atoms with E-state index in [4.69, 9.17) is 0 Å². The molecule has 1 heterocycles. The van der Waals surface area contributed by atoms with Gasteiger partial charge < -0.3 is 0 Å². The van der Waals surface area contributed by atoms with Crippen molar-refractivity contribution >= 4 is 5.84 Å². The first kappa shape index (κ1) is 8.10. The van der Waals surface area contributed by atoms with Crippen LogP contribution >= 0.6 is 0 Å². The van der Waals surface area contributed by atoms with Gasteiger partial charge in [0, 0.05) is 5.56 Å². The number of rotatable bonds is 1. The van der Waals surface area contributed by atoms with E-state index in [9.17, 15) is 13.2 Å². The Labute approximate surface area is 72.1 Å². The standard InChI is InChI=1S/C8H5F3N2/c9-8(10,11)6-4-2-1-3-5(6)7-12-13-7/h1-4H,(H,12,13). The Morgan fingerprint density at radius 1 is 1.15 bits per heavy atom. The lowest BCUT2D eigenvalue weighted by molar-refractivity contribution is -0.137. The predicted octanol–water partition coefficient (Wildman–Crippen LogP) is 1.97. The third kappa shape index (κ3) is 1.49. The molecule has 0 aromatic heterocycles. The topological polar surface area (TPSA) is 34.3 Å². The van der Waals surface area contributed by atoms with E-state index in [2.05, 4.69) is 10.5 Å². The molecule has 2 nitrogen and oxygen atoms in total. The summed E-state index contributed by atoms with van der Waals surface area (Å²) in [5, 5.41) is 3.51. The van der Waals surface area contributed by atoms with Gasteiger partial charge in [-0.25, -0.2) is 0 Å². The van der Waals surface area contributed by atoms with Gasteiger partial charge in [0.1, 0.15) is 0 Å². The maximum atomic E-state index is 12.4. The molecular weight excluding hydrogens is 181 g/mol. The highest BCUT2D eigenvalue weighted by Crippen LogP contribution is 2.32. The summed E-state index contributed by atoms with van der Waals surface area (Å²) >= 11 is 0. The van der Waals surface area contributed by atoms with Crippen LogP contribution in [0.2, 0.25) is 0 Å². The summed E-state index contributed by atoms with van der Waals surface area (Å²) in [5.74, 6) is 0.299. The zero-order chi connectivity index (χ0) is 9.47. The first-order valence-electron chi connectivity index (χ1n) is 3.59. The third-order valence-corrected chi connectivity index (χ3v) is 1.71. The minimum absolute atomic E-state index is 0.106. The van der Waals surface area contributed by atoms with Crippen molar-refractivity contribution < 1.29 is 13.2 Å². The fourth-order valence-electron chi connectivity index (χ4n) is 1.09. The minimum atomic E-state index is -4.32. The zero-order valence-corrected chi connectivity index (χ0v) is 6.39. The molecule has 68 valence electrons. The summed E-state index contributed by atoms with van der Waals surface area (Å²) in [6, 6.07) is 5.34. The number of alkyl halides is 3. The Morgan fingerprint density at radius 3 is 2.31 bits per heavy atom. The fraction of sp³-hybridized carbons (Fsp3) is 0.125. The summed E-state index contributed by atoms with van der Waals surface area (Å²) in [7, 11) is 0. The number of hydrazone groups is 1. The number of amidine groups is 1. The van der Waals surface area contributed by atoms with Gasteiger partial charge in [0.05, 0.1) is 5.56 Å². The second-order valence-corrected chi connectivity index (χ2v) is 2.62. The van der Waals surface area contributed by atoms with Gasteiger partial charge >= 0.3 is 6.18 Å². The predicted molar refractivity (Wildman–Crippen MR) is 41.1 cm³/mol. The molecule has 1 aliphatic rings. The number of hydrogen-bond donors (Lipinski definition) is 1. The van der Waals surface area contributed by atoms with Crippen LogP contribution in [0.15, 0.2) is 29.4 Å². The summed E-state index contributed by atoms with van der Waals surface area (Å²) in [6.45, 7) is 0. The normalized spacial score (nSPS) is 14.8. The van der Waals surface area contributed by atoms with Crippen molar-refractivity contribution in [2.24, 2.45) is 5.10 Å². The van der Waals surface area contributed by atoms with Crippen LogP contribution in [0.25, 0.3) is 0 Å². The molecule has 2 rings (SSSR count). The fourth-order valence-corrected chi connectivity index (χ4v) is 1.09. The van der Waals surface area contributed by atoms with Crippen LogP contribution in [0.1, 0.15) is 11.1 Å². The van der Waals surface area contributed by atoms with Crippen molar-refractivity contribution in [1.82, 2.24) is 5.43 Å². The first-order valence-corrected chi connectivity index (χ1v) is 3.59. The lowest BCUT2D eigenvalue weighted by Crippen LogP contribution is -2.11. The Morgan fingerprint density at radius 2 is 1.77 bits per heavy atom. The Bertz CT molecular complexity index is 368. The molecule has 0 unspecified atom stereocenters. The van der Waals surface area contributed by atoms with Crippen molar-refractivity contribution in [1.29, 1.82) is 0 Å². The molecule has 5 heteroatoms. The number of hydrogen-bond acceptors (Lipinski definition) is 2. The van der Waals surface area contributed by atoms with Crippen molar-refractivity contribution in [2.75, 3.05) is 0 Å². The highest BCUT2D eigenvalue weighted by atomic mass is 19.4. The molecule has 0 saturated carbocycles. The second kappa shape index (κ2) is 2.48. The van der Waals surface area contributed by atoms with E-state index in [0.717, 1.165) is 6.07 Å². The van der Waals surface area contributed by atoms with E-state index in [1.165, 1.54) is 12.1 Å². The molecule has 0 atom stereocenters. The van der Waals surface area contributed by atoms with E-state index in [1.807, 2.05) is 0 Å². The van der Waals surface area contributed by atoms with E-state index in [1.54, 1.807) is 6.07 Å². The SMILES string of the molecule is FC(F)(F)c1ccccc1C1=NN1. The van der Waals surface area contributed by atoms with Crippen molar-refractivity contribution in [3.8, 4) is 0 Å². The Hall–Kier alpha value is -1.52. The average molecular weight is 186 g/mol. The maximum absolute atomic E-state index is 12.4. The van der Waals surface area contributed by atoms with Gasteiger partial charge in [-0.1, -0.05) is 18.2 Å². The van der Waals surface area contributed by atoms with E-state index in [0.29, 0.717) is 5.84 Å². The Balaban J connectivity index is 2.49. The van der Waals surface area contributed by atoms with Gasteiger partial charge in [-0.05, 0) is 6.07 Å². The largest absolute Gasteiger partial charge is 0.417 e. The highest BCUT2D eigenvalue weighted by molar-refractivity contribution is 6.06. The molecule has 0 bridgehead atoms. The second-order valence-electron chi connectivity index (χ2n) is 2.62. The third-order valence-electron chi connectivity index (χ3n) is 1.71. The number of nitrogens with zero attached hydrogens (tertiary/aromatic N) is 1. The summed E-state index contributed by atoms with van der Waals surface area (Å²) in [6.07, 6.45) is -4.32. The van der Waals surface area contributed by atoms with Gasteiger partial charge in [-0.2, -0.15) is 18.3 Å². The molecule has 1 aromatic rings. The molecular formula is C8H5F3N2. The van der Waals surface area contributed by atoms with E-state index in [-0.39, 0.29) is 5.56 Å². The van der Waals surface area contributed by atoms with E-state index >= 15 is 0 Å². The monoisotopic (exact) mass is 186 g/mol. The van der Waals surface area contributed by atoms with Crippen LogP contribution in [0.3, 0.4) is 0 Å². The summed E-state index contributed by atoms with van der Waals surface area (Å²) in [5.41, 5.74) is 1.86. The van der Waals surface area contributed by atoms with Crippen LogP contribution in [0.4, 0.5) is 13.2 Å². The van der Waals surface area contributed by atoms with Gasteiger partial charge in [-0.3, -0.25) is 5.43 Å². The van der Waals surface area contributed by atoms with Gasteiger partial charge in [-0.15, -0.1) is 0 Å². The summed E-state index contributed by atoms with van der Waals surface area (Å²) < 4.78 is 37.1. The van der Waals surface area contributed by atoms with Crippen molar-refractivity contribution in [3.63, 3.8) is 0 Å². The van der Waals surface area contributed by atoms with Crippen LogP contribution in [-0.2, 0) is 6.18 Å². The molecule has 1 aromatic carbocycles. The number of nitrogens with one attached hydrogen (secondary N) is 1. The van der Waals surface area contributed by atoms with Gasteiger partial charge in [0.15, 0.2) is 5.84 Å². The minimum Gasteiger partial charge on any atom is -0.257 e. The molecule has 0 saturated heterocycles. The molecule has 1 aliphatic heterocycles. The molecule has 0 spiro atoms. The average Bonchev–Trinajstić information content (AvgIpc) is 2.85. The lowest BCUT2D eigenvalue weighted by Gasteiger charge is -2.08. The molecule has 13 heavy (non-hydrogen) atoms. The van der Waals surface area contributed by atoms with Gasteiger partial charge in [0.25, 0.3) is 0 Å². The molecule has 0 fully saturated rings. The lowest BCUT2D eigenvalue weighted by atomic mass is 10.1. The van der Waals surface area contributed by atoms with Crippen LogP contribution in [-0.4, -0.2) is 5.84 Å². The Kier molecular flexibility index (Phi) is 1.55. The van der Waals surface area contributed by atoms with Crippen LogP contribution in [0.5, 0.6) is 0 Å². The summed E-state index contributed by atoms with van der Waals surface area (Å²) in [4.78, 5) is 0. The smallest absolute Gasteiger partial charge is 0.257 e.